The van der Waals surface area contributed by atoms with Crippen LogP contribution >= 0.6 is 0 Å². The van der Waals surface area contributed by atoms with Gasteiger partial charge < -0.3 is 19.3 Å². The number of aromatic nitrogens is 2. The van der Waals surface area contributed by atoms with E-state index in [1.807, 2.05) is 0 Å². The number of rotatable bonds is 5. The molecule has 1 aliphatic heterocycles. The first-order chi connectivity index (χ1) is 18.0. The van der Waals surface area contributed by atoms with E-state index in [0.29, 0.717) is 0 Å². The van der Waals surface area contributed by atoms with Gasteiger partial charge in [0.25, 0.3) is 11.8 Å². The topological polar surface area (TPSA) is 119 Å². The minimum atomic E-state index is -4.01. The second-order valence-electron chi connectivity index (χ2n) is 10.4. The summed E-state index contributed by atoms with van der Waals surface area (Å²) in [6.07, 6.45) is -0.321. The van der Waals surface area contributed by atoms with Crippen LogP contribution in [0, 0.1) is 5.82 Å². The van der Waals surface area contributed by atoms with Gasteiger partial charge in [-0.1, -0.05) is 0 Å². The van der Waals surface area contributed by atoms with Crippen molar-refractivity contribution >= 4 is 21.8 Å². The highest BCUT2D eigenvalue weighted by Crippen LogP contribution is 2.44. The molecule has 1 saturated heterocycles. The zero-order chi connectivity index (χ0) is 28.8. The zero-order valence-corrected chi connectivity index (χ0v) is 22.8. The van der Waals surface area contributed by atoms with Crippen LogP contribution in [0.5, 0.6) is 5.75 Å². The van der Waals surface area contributed by atoms with Crippen LogP contribution in [-0.2, 0) is 31.7 Å². The highest BCUT2D eigenvalue weighted by Gasteiger charge is 2.43. The van der Waals surface area contributed by atoms with Gasteiger partial charge in [0.15, 0.2) is 18.2 Å². The normalized spacial score (nSPS) is 17.1. The van der Waals surface area contributed by atoms with E-state index < -0.39 is 63.1 Å². The minimum Gasteiger partial charge on any atom is -0.481 e. The number of halogens is 3. The van der Waals surface area contributed by atoms with Gasteiger partial charge in [-0.15, -0.1) is 0 Å². The Hall–Kier alpha value is -3.42. The molecular weight excluding hydrogens is 541 g/mol. The molecular formula is C25H29F3N4O6S. The van der Waals surface area contributed by atoms with Crippen molar-refractivity contribution in [3.8, 4) is 17.0 Å². The standard InChI is InChI=1S/C25H29F3N4O6S/c1-24(2,3)38-23(34)32-11-9-31(10-12-32)19(33)14-37-18-6-5-15(13-17(18)26)20-16-7-8-25(27,28)21(16)30-22(29-20)39(4,35)36/h5-6,13H,7-12,14H2,1-4H3. The molecule has 0 radical (unpaired) electrons. The van der Waals surface area contributed by atoms with Crippen LogP contribution in [0.3, 0.4) is 0 Å². The van der Waals surface area contributed by atoms with Crippen LogP contribution in [0.1, 0.15) is 38.4 Å². The smallest absolute Gasteiger partial charge is 0.410 e. The maximum Gasteiger partial charge on any atom is 0.410 e. The van der Waals surface area contributed by atoms with E-state index >= 15 is 0 Å². The van der Waals surface area contributed by atoms with Gasteiger partial charge in [0.2, 0.25) is 15.0 Å². The molecule has 1 aromatic heterocycles. The molecule has 2 amide bonds. The fourth-order valence-corrected chi connectivity index (χ4v) is 4.78. The highest BCUT2D eigenvalue weighted by molar-refractivity contribution is 7.90. The number of piperazine rings is 1. The van der Waals surface area contributed by atoms with Crippen molar-refractivity contribution in [2.24, 2.45) is 0 Å². The summed E-state index contributed by atoms with van der Waals surface area (Å²) in [5, 5.41) is -0.768. The molecule has 0 atom stereocenters. The van der Waals surface area contributed by atoms with Crippen molar-refractivity contribution in [1.29, 1.82) is 0 Å². The summed E-state index contributed by atoms with van der Waals surface area (Å²) in [6, 6.07) is 3.57. The maximum atomic E-state index is 14.9. The Balaban J connectivity index is 1.44. The Kier molecular flexibility index (Phi) is 7.54. The summed E-state index contributed by atoms with van der Waals surface area (Å²) >= 11 is 0. The number of fused-ring (bicyclic) bond motifs is 1. The molecule has 2 heterocycles. The van der Waals surface area contributed by atoms with Crippen LogP contribution in [0.4, 0.5) is 18.0 Å². The number of carbonyl (C=O) groups excluding carboxylic acids is 2. The first-order valence-electron chi connectivity index (χ1n) is 12.2. The summed E-state index contributed by atoms with van der Waals surface area (Å²) < 4.78 is 78.4. The van der Waals surface area contributed by atoms with Gasteiger partial charge in [0.05, 0.1) is 5.69 Å². The molecule has 10 nitrogen and oxygen atoms in total. The average molecular weight is 571 g/mol. The maximum absolute atomic E-state index is 14.9. The third kappa shape index (κ3) is 6.43. The number of sulfone groups is 1. The first-order valence-corrected chi connectivity index (χ1v) is 14.1. The molecule has 0 unspecified atom stereocenters. The highest BCUT2D eigenvalue weighted by atomic mass is 32.2. The van der Waals surface area contributed by atoms with E-state index in [0.717, 1.165) is 12.3 Å². The Morgan fingerprint density at radius 2 is 1.72 bits per heavy atom. The van der Waals surface area contributed by atoms with Crippen molar-refractivity contribution in [3.63, 3.8) is 0 Å². The third-order valence-corrected chi connectivity index (χ3v) is 7.04. The molecule has 1 aliphatic carbocycles. The number of ether oxygens (including phenoxy) is 2. The summed E-state index contributed by atoms with van der Waals surface area (Å²) in [4.78, 5) is 35.3. The fourth-order valence-electron chi connectivity index (χ4n) is 4.27. The van der Waals surface area contributed by atoms with Crippen LogP contribution < -0.4 is 4.74 Å². The van der Waals surface area contributed by atoms with Crippen molar-refractivity contribution in [2.45, 2.75) is 50.3 Å². The molecule has 39 heavy (non-hydrogen) atoms. The molecule has 0 saturated carbocycles. The van der Waals surface area contributed by atoms with Gasteiger partial charge >= 0.3 is 6.09 Å². The van der Waals surface area contributed by atoms with Gasteiger partial charge in [-0.05, 0) is 45.4 Å². The average Bonchev–Trinajstić information content (AvgIpc) is 3.15. The molecule has 1 aromatic carbocycles. The largest absolute Gasteiger partial charge is 0.481 e. The predicted octanol–water partition coefficient (Wildman–Crippen LogP) is 3.18. The van der Waals surface area contributed by atoms with E-state index in [-0.39, 0.29) is 55.2 Å². The lowest BCUT2D eigenvalue weighted by molar-refractivity contribution is -0.135. The SMILES string of the molecule is CC(C)(C)OC(=O)N1CCN(C(=O)COc2ccc(-c3nc(S(C)(=O)=O)nc4c3CCC4(F)F)cc2F)CC1. The monoisotopic (exact) mass is 570 g/mol. The first kappa shape index (κ1) is 28.6. The molecule has 0 N–H and O–H groups in total. The van der Waals surface area contributed by atoms with Crippen molar-refractivity contribution in [3.05, 3.63) is 35.3 Å². The number of nitrogens with zero attached hydrogens (tertiary/aromatic N) is 4. The van der Waals surface area contributed by atoms with E-state index in [9.17, 15) is 31.2 Å². The molecule has 4 rings (SSSR count). The number of alkyl halides is 2. The van der Waals surface area contributed by atoms with Gasteiger partial charge in [0.1, 0.15) is 11.3 Å². The minimum absolute atomic E-state index is 0.0566. The fraction of sp³-hybridized carbons (Fsp3) is 0.520. The molecule has 14 heteroatoms. The molecule has 212 valence electrons. The summed E-state index contributed by atoms with van der Waals surface area (Å²) in [7, 11) is -4.01. The Morgan fingerprint density at radius 3 is 2.31 bits per heavy atom. The number of hydrogen-bond donors (Lipinski definition) is 0. The quantitative estimate of drug-likeness (QED) is 0.503. The number of benzene rings is 1. The lowest BCUT2D eigenvalue weighted by atomic mass is 10.0. The van der Waals surface area contributed by atoms with Crippen LogP contribution in [0.15, 0.2) is 23.4 Å². The van der Waals surface area contributed by atoms with E-state index in [1.54, 1.807) is 20.8 Å². The van der Waals surface area contributed by atoms with Crippen LogP contribution in [-0.4, -0.2) is 84.8 Å². The van der Waals surface area contributed by atoms with Crippen LogP contribution in [0.25, 0.3) is 11.3 Å². The third-order valence-electron chi connectivity index (χ3n) is 6.19. The van der Waals surface area contributed by atoms with Crippen LogP contribution in [0.2, 0.25) is 0 Å². The van der Waals surface area contributed by atoms with Crippen molar-refractivity contribution in [1.82, 2.24) is 19.8 Å². The number of hydrogen-bond acceptors (Lipinski definition) is 8. The van der Waals surface area contributed by atoms with E-state index in [4.69, 9.17) is 9.47 Å². The van der Waals surface area contributed by atoms with Gasteiger partial charge in [-0.25, -0.2) is 27.6 Å². The van der Waals surface area contributed by atoms with Gasteiger partial charge in [-0.3, -0.25) is 4.79 Å². The number of carbonyl (C=O) groups is 2. The zero-order valence-electron chi connectivity index (χ0n) is 22.0. The lowest BCUT2D eigenvalue weighted by Gasteiger charge is -2.35. The second-order valence-corrected chi connectivity index (χ2v) is 12.4. The summed E-state index contributed by atoms with van der Waals surface area (Å²) in [6.45, 7) is 5.90. The molecule has 1 fully saturated rings. The predicted molar refractivity (Wildman–Crippen MR) is 133 cm³/mol. The summed E-state index contributed by atoms with van der Waals surface area (Å²) in [5.74, 6) is -4.87. The van der Waals surface area contributed by atoms with E-state index in [2.05, 4.69) is 9.97 Å². The Labute approximate surface area is 224 Å². The molecule has 2 aromatic rings. The Morgan fingerprint density at radius 1 is 1.08 bits per heavy atom. The molecule has 0 spiro atoms. The Bertz CT molecular complexity index is 1400. The van der Waals surface area contributed by atoms with E-state index in [1.165, 1.54) is 21.9 Å². The molecule has 2 aliphatic rings. The lowest BCUT2D eigenvalue weighted by Crippen LogP contribution is -2.52. The molecule has 0 bridgehead atoms. The second kappa shape index (κ2) is 10.3. The van der Waals surface area contributed by atoms with Crippen molar-refractivity contribution in [2.75, 3.05) is 39.0 Å². The van der Waals surface area contributed by atoms with Crippen molar-refractivity contribution < 1.29 is 40.7 Å². The van der Waals surface area contributed by atoms with Gasteiger partial charge in [-0.2, -0.15) is 8.78 Å². The summed E-state index contributed by atoms with van der Waals surface area (Å²) in [5.41, 5.74) is -1.27. The number of amides is 2. The van der Waals surface area contributed by atoms with Gasteiger partial charge in [0, 0.05) is 50.0 Å².